The van der Waals surface area contributed by atoms with Gasteiger partial charge in [0.05, 0.1) is 21.5 Å². The fraction of sp³-hybridized carbons (Fsp3) is 0.500. The Balaban J connectivity index is 1.45. The Hall–Kier alpha value is -1.44. The van der Waals surface area contributed by atoms with Gasteiger partial charge in [0.25, 0.3) is 0 Å². The van der Waals surface area contributed by atoms with Crippen molar-refractivity contribution in [3.8, 4) is 0 Å². The van der Waals surface area contributed by atoms with Crippen molar-refractivity contribution in [2.45, 2.75) is 43.8 Å². The van der Waals surface area contributed by atoms with Crippen LogP contribution in [0.2, 0.25) is 10.0 Å². The van der Waals surface area contributed by atoms with Crippen LogP contribution in [-0.4, -0.2) is 39.5 Å². The van der Waals surface area contributed by atoms with Crippen molar-refractivity contribution in [3.05, 3.63) is 27.7 Å². The lowest BCUT2D eigenvalue weighted by Gasteiger charge is -2.18. The van der Waals surface area contributed by atoms with Crippen LogP contribution in [0.25, 0.3) is 0 Å². The maximum Gasteiger partial charge on any atom is 0.234 e. The molecule has 1 aliphatic heterocycles. The predicted molar refractivity (Wildman–Crippen MR) is 110 cm³/mol. The van der Waals surface area contributed by atoms with Gasteiger partial charge in [0.2, 0.25) is 11.9 Å². The summed E-state index contributed by atoms with van der Waals surface area (Å²) in [7, 11) is 0. The van der Waals surface area contributed by atoms with Gasteiger partial charge in [0.1, 0.15) is 0 Å². The molecule has 2 fully saturated rings. The lowest BCUT2D eigenvalue weighted by Crippen LogP contribution is -2.22. The van der Waals surface area contributed by atoms with E-state index in [1.807, 2.05) is 13.0 Å². The number of anilines is 2. The summed E-state index contributed by atoms with van der Waals surface area (Å²) in [4.78, 5) is 14.7. The van der Waals surface area contributed by atoms with Gasteiger partial charge in [-0.2, -0.15) is 0 Å². The van der Waals surface area contributed by atoms with E-state index in [2.05, 4.69) is 25.0 Å². The summed E-state index contributed by atoms with van der Waals surface area (Å²) in [6.07, 6.45) is 4.68. The molecule has 1 amide bonds. The van der Waals surface area contributed by atoms with E-state index >= 15 is 0 Å². The first-order valence-corrected chi connectivity index (χ1v) is 10.9. The third-order valence-electron chi connectivity index (χ3n) is 4.83. The van der Waals surface area contributed by atoms with Gasteiger partial charge in [-0.15, -0.1) is 10.2 Å². The summed E-state index contributed by atoms with van der Waals surface area (Å²) < 4.78 is 2.20. The van der Waals surface area contributed by atoms with Crippen molar-refractivity contribution in [3.63, 3.8) is 0 Å². The average Bonchev–Trinajstić information content (AvgIpc) is 3.18. The molecule has 0 bridgehead atoms. The minimum Gasteiger partial charge on any atom is -0.341 e. The van der Waals surface area contributed by atoms with E-state index in [1.54, 1.807) is 6.07 Å². The molecule has 1 aromatic carbocycles. The molecule has 1 aromatic heterocycles. The van der Waals surface area contributed by atoms with Crippen molar-refractivity contribution >= 4 is 52.5 Å². The molecule has 4 rings (SSSR count). The molecular formula is C18H21Cl2N5OS. The van der Waals surface area contributed by atoms with Crippen LogP contribution in [0.4, 0.5) is 11.6 Å². The van der Waals surface area contributed by atoms with Crippen LogP contribution in [0.15, 0.2) is 17.3 Å². The number of carbonyl (C=O) groups is 1. The number of nitrogens with zero attached hydrogens (tertiary/aromatic N) is 4. The van der Waals surface area contributed by atoms with Crippen molar-refractivity contribution in [1.29, 1.82) is 0 Å². The molecule has 0 atom stereocenters. The molecule has 2 heterocycles. The fourth-order valence-electron chi connectivity index (χ4n) is 3.23. The van der Waals surface area contributed by atoms with E-state index < -0.39 is 0 Å². The lowest BCUT2D eigenvalue weighted by molar-refractivity contribution is -0.113. The Morgan fingerprint density at radius 1 is 1.26 bits per heavy atom. The third kappa shape index (κ3) is 4.05. The summed E-state index contributed by atoms with van der Waals surface area (Å²) in [6.45, 7) is 3.93. The monoisotopic (exact) mass is 425 g/mol. The molecule has 2 aliphatic rings. The van der Waals surface area contributed by atoms with Crippen LogP contribution in [0.3, 0.4) is 0 Å². The molecule has 0 spiro atoms. The van der Waals surface area contributed by atoms with Gasteiger partial charge < -0.3 is 10.2 Å². The summed E-state index contributed by atoms with van der Waals surface area (Å²) >= 11 is 13.9. The van der Waals surface area contributed by atoms with Crippen LogP contribution in [0, 0.1) is 6.92 Å². The second kappa shape index (κ2) is 7.89. The molecule has 27 heavy (non-hydrogen) atoms. The first-order valence-electron chi connectivity index (χ1n) is 9.11. The summed E-state index contributed by atoms with van der Waals surface area (Å²) in [5, 5.41) is 13.3. The molecule has 1 saturated carbocycles. The highest BCUT2D eigenvalue weighted by Crippen LogP contribution is 2.41. The Morgan fingerprint density at radius 2 is 2.00 bits per heavy atom. The van der Waals surface area contributed by atoms with E-state index in [4.69, 9.17) is 23.2 Å². The third-order valence-corrected chi connectivity index (χ3v) is 6.57. The van der Waals surface area contributed by atoms with Crippen molar-refractivity contribution < 1.29 is 4.79 Å². The molecule has 2 aromatic rings. The maximum atomic E-state index is 12.4. The number of carbonyl (C=O) groups excluding carboxylic acids is 1. The largest absolute Gasteiger partial charge is 0.341 e. The van der Waals surface area contributed by atoms with Gasteiger partial charge in [-0.3, -0.25) is 9.36 Å². The zero-order valence-electron chi connectivity index (χ0n) is 15.0. The molecule has 9 heteroatoms. The van der Waals surface area contributed by atoms with Crippen LogP contribution in [0.1, 0.15) is 37.3 Å². The SMILES string of the molecule is Cc1ccc(Cl)c(NC(=O)CSc2nnc(N3CCCC3)n2C2CC2)c1Cl. The summed E-state index contributed by atoms with van der Waals surface area (Å²) in [5.74, 6) is 1.01. The van der Waals surface area contributed by atoms with Crippen LogP contribution < -0.4 is 10.2 Å². The Morgan fingerprint density at radius 3 is 2.70 bits per heavy atom. The molecule has 6 nitrogen and oxygen atoms in total. The number of hydrogen-bond acceptors (Lipinski definition) is 5. The van der Waals surface area contributed by atoms with E-state index in [0.29, 0.717) is 21.8 Å². The second-order valence-corrected chi connectivity index (χ2v) is 8.70. The van der Waals surface area contributed by atoms with Gasteiger partial charge in [-0.25, -0.2) is 0 Å². The summed E-state index contributed by atoms with van der Waals surface area (Å²) in [5.41, 5.74) is 1.33. The average molecular weight is 426 g/mol. The first-order chi connectivity index (χ1) is 13.0. The number of nitrogens with one attached hydrogen (secondary N) is 1. The van der Waals surface area contributed by atoms with E-state index in [-0.39, 0.29) is 11.7 Å². The quantitative estimate of drug-likeness (QED) is 0.687. The molecule has 1 saturated heterocycles. The number of aromatic nitrogens is 3. The Kier molecular flexibility index (Phi) is 5.53. The van der Waals surface area contributed by atoms with Gasteiger partial charge in [0, 0.05) is 19.1 Å². The zero-order valence-corrected chi connectivity index (χ0v) is 17.4. The van der Waals surface area contributed by atoms with Gasteiger partial charge in [-0.05, 0) is 44.2 Å². The highest BCUT2D eigenvalue weighted by atomic mass is 35.5. The van der Waals surface area contributed by atoms with Crippen molar-refractivity contribution in [1.82, 2.24) is 14.8 Å². The Labute approximate surface area is 172 Å². The van der Waals surface area contributed by atoms with E-state index in [1.165, 1.54) is 24.6 Å². The maximum absolute atomic E-state index is 12.4. The number of rotatable bonds is 6. The first kappa shape index (κ1) is 18.9. The van der Waals surface area contributed by atoms with Gasteiger partial charge in [-0.1, -0.05) is 41.0 Å². The van der Waals surface area contributed by atoms with E-state index in [9.17, 15) is 4.79 Å². The molecule has 144 valence electrons. The van der Waals surface area contributed by atoms with Gasteiger partial charge in [0.15, 0.2) is 5.16 Å². The van der Waals surface area contributed by atoms with Crippen LogP contribution in [0.5, 0.6) is 0 Å². The van der Waals surface area contributed by atoms with Gasteiger partial charge >= 0.3 is 0 Å². The highest BCUT2D eigenvalue weighted by molar-refractivity contribution is 7.99. The van der Waals surface area contributed by atoms with E-state index in [0.717, 1.165) is 42.6 Å². The molecule has 0 radical (unpaired) electrons. The fourth-order valence-corrected chi connectivity index (χ4v) is 4.50. The zero-order chi connectivity index (χ0) is 19.0. The smallest absolute Gasteiger partial charge is 0.234 e. The molecular weight excluding hydrogens is 405 g/mol. The number of amides is 1. The van der Waals surface area contributed by atoms with Crippen LogP contribution >= 0.6 is 35.0 Å². The molecule has 1 aliphatic carbocycles. The number of aryl methyl sites for hydroxylation is 1. The second-order valence-electron chi connectivity index (χ2n) is 6.97. The summed E-state index contributed by atoms with van der Waals surface area (Å²) in [6, 6.07) is 4.02. The topological polar surface area (TPSA) is 63.1 Å². The number of thioether (sulfide) groups is 1. The number of benzene rings is 1. The molecule has 1 N–H and O–H groups in total. The molecule has 0 unspecified atom stereocenters. The minimum absolute atomic E-state index is 0.164. The number of halogens is 2. The standard InChI is InChI=1S/C18H21Cl2N5OS/c1-11-4-7-13(19)16(15(11)20)21-14(26)10-27-18-23-22-17(24-8-2-3-9-24)25(18)12-5-6-12/h4,7,12H,2-3,5-6,8-10H2,1H3,(H,21,26). The normalized spacial score (nSPS) is 16.8. The lowest BCUT2D eigenvalue weighted by atomic mass is 10.2. The minimum atomic E-state index is -0.164. The van der Waals surface area contributed by atoms with Crippen molar-refractivity contribution in [2.75, 3.05) is 29.1 Å². The van der Waals surface area contributed by atoms with Crippen molar-refractivity contribution in [2.24, 2.45) is 0 Å². The van der Waals surface area contributed by atoms with Crippen LogP contribution in [-0.2, 0) is 4.79 Å². The number of hydrogen-bond donors (Lipinski definition) is 1. The predicted octanol–water partition coefficient (Wildman–Crippen LogP) is 4.56. The highest BCUT2D eigenvalue weighted by Gasteiger charge is 2.32. The Bertz CT molecular complexity index is 862.